The largest absolute Gasteiger partial charge is 0.379 e. The van der Waals surface area contributed by atoms with Crippen LogP contribution in [0.3, 0.4) is 0 Å². The monoisotopic (exact) mass is 512 g/mol. The van der Waals surface area contributed by atoms with Crippen LogP contribution in [0.25, 0.3) is 10.9 Å². The Kier molecular flexibility index (Phi) is 7.17. The van der Waals surface area contributed by atoms with Crippen LogP contribution in [0, 0.1) is 11.7 Å². The zero-order valence-electron chi connectivity index (χ0n) is 19.9. The Morgan fingerprint density at radius 2 is 1.83 bits per heavy atom. The number of piperidine rings is 1. The summed E-state index contributed by atoms with van der Waals surface area (Å²) in [6.45, 7) is 3.22. The Balaban J connectivity index is 1.26. The summed E-state index contributed by atoms with van der Waals surface area (Å²) in [5.41, 5.74) is 1.56. The number of nitrogens with zero attached hydrogens (tertiary/aromatic N) is 3. The fourth-order valence-electron chi connectivity index (χ4n) is 4.70. The molecule has 1 amide bonds. The Bertz CT molecular complexity index is 1340. The molecule has 0 bridgehead atoms. The van der Waals surface area contributed by atoms with Crippen molar-refractivity contribution in [2.45, 2.75) is 24.3 Å². The molecule has 2 fully saturated rings. The highest BCUT2D eigenvalue weighted by molar-refractivity contribution is 7.89. The molecule has 5 rings (SSSR count). The Morgan fingerprint density at radius 1 is 1.06 bits per heavy atom. The van der Waals surface area contributed by atoms with Gasteiger partial charge >= 0.3 is 0 Å². The molecule has 1 atom stereocenters. The second kappa shape index (κ2) is 10.5. The summed E-state index contributed by atoms with van der Waals surface area (Å²) in [4.78, 5) is 19.9. The van der Waals surface area contributed by atoms with Gasteiger partial charge in [-0.3, -0.25) is 4.79 Å². The van der Waals surface area contributed by atoms with Crippen LogP contribution in [0.4, 0.5) is 10.2 Å². The van der Waals surface area contributed by atoms with Crippen molar-refractivity contribution in [3.05, 3.63) is 66.0 Å². The molecule has 190 valence electrons. The zero-order chi connectivity index (χ0) is 25.1. The first-order valence-electron chi connectivity index (χ1n) is 12.2. The van der Waals surface area contributed by atoms with Crippen molar-refractivity contribution in [3.63, 3.8) is 0 Å². The second-order valence-electron chi connectivity index (χ2n) is 9.17. The minimum Gasteiger partial charge on any atom is -0.379 e. The number of fused-ring (bicyclic) bond motifs is 1. The molecule has 1 aromatic heterocycles. The van der Waals surface area contributed by atoms with Gasteiger partial charge in [-0.1, -0.05) is 12.1 Å². The molecule has 1 N–H and O–H groups in total. The van der Waals surface area contributed by atoms with Crippen LogP contribution in [0.1, 0.15) is 18.4 Å². The predicted octanol–water partition coefficient (Wildman–Crippen LogP) is 2.93. The number of ether oxygens (including phenoxy) is 1. The van der Waals surface area contributed by atoms with E-state index in [0.29, 0.717) is 44.9 Å². The molecule has 36 heavy (non-hydrogen) atoms. The van der Waals surface area contributed by atoms with Crippen LogP contribution in [0.5, 0.6) is 0 Å². The molecule has 3 heterocycles. The first-order valence-corrected chi connectivity index (χ1v) is 13.6. The van der Waals surface area contributed by atoms with Crippen LogP contribution in [-0.2, 0) is 26.1 Å². The molecule has 0 unspecified atom stereocenters. The number of pyridine rings is 1. The van der Waals surface area contributed by atoms with Crippen LogP contribution >= 0.6 is 0 Å². The van der Waals surface area contributed by atoms with Gasteiger partial charge in [0.2, 0.25) is 15.9 Å². The van der Waals surface area contributed by atoms with E-state index >= 15 is 0 Å². The zero-order valence-corrected chi connectivity index (χ0v) is 20.7. The van der Waals surface area contributed by atoms with E-state index in [2.05, 4.69) is 10.2 Å². The maximum absolute atomic E-state index is 13.1. The van der Waals surface area contributed by atoms with Gasteiger partial charge in [-0.2, -0.15) is 4.31 Å². The number of anilines is 1. The minimum absolute atomic E-state index is 0.0252. The fourth-order valence-corrected chi connectivity index (χ4v) is 6.14. The summed E-state index contributed by atoms with van der Waals surface area (Å²) in [6.07, 6.45) is 1.66. The smallest absolute Gasteiger partial charge is 0.243 e. The van der Waals surface area contributed by atoms with E-state index in [1.165, 1.54) is 16.4 Å². The molecule has 3 aromatic rings. The van der Waals surface area contributed by atoms with Crippen LogP contribution in [-0.4, -0.2) is 63.0 Å². The highest BCUT2D eigenvalue weighted by Gasteiger charge is 2.28. The van der Waals surface area contributed by atoms with Crippen molar-refractivity contribution < 1.29 is 22.3 Å². The SMILES string of the molecule is O=C(NCc1ccc(F)cc1)[C@H]1CCCN(c2ccc3cc(S(=O)(=O)N4CCOCC4)ccc3n2)C1. The molecule has 2 aliphatic heterocycles. The number of aromatic nitrogens is 1. The average molecular weight is 513 g/mol. The number of rotatable bonds is 6. The Labute approximate surface area is 210 Å². The minimum atomic E-state index is -3.58. The molecule has 0 aliphatic carbocycles. The van der Waals surface area contributed by atoms with Gasteiger partial charge in [-0.25, -0.2) is 17.8 Å². The second-order valence-corrected chi connectivity index (χ2v) is 11.1. The van der Waals surface area contributed by atoms with E-state index in [-0.39, 0.29) is 22.5 Å². The van der Waals surface area contributed by atoms with E-state index in [4.69, 9.17) is 9.72 Å². The van der Waals surface area contributed by atoms with Gasteiger partial charge in [0.05, 0.1) is 29.5 Å². The van der Waals surface area contributed by atoms with Gasteiger partial charge in [-0.15, -0.1) is 0 Å². The van der Waals surface area contributed by atoms with Crippen molar-refractivity contribution in [2.24, 2.45) is 5.92 Å². The first-order chi connectivity index (χ1) is 17.4. The summed E-state index contributed by atoms with van der Waals surface area (Å²) in [5.74, 6) is 0.272. The van der Waals surface area contributed by atoms with Gasteiger partial charge in [0.25, 0.3) is 0 Å². The van der Waals surface area contributed by atoms with E-state index in [1.54, 1.807) is 30.3 Å². The maximum Gasteiger partial charge on any atom is 0.243 e. The molecule has 0 radical (unpaired) electrons. The van der Waals surface area contributed by atoms with Crippen LogP contribution in [0.2, 0.25) is 0 Å². The van der Waals surface area contributed by atoms with Crippen LogP contribution in [0.15, 0.2) is 59.5 Å². The molecule has 0 spiro atoms. The molecule has 0 saturated carbocycles. The number of sulfonamides is 1. The summed E-state index contributed by atoms with van der Waals surface area (Å²) >= 11 is 0. The lowest BCUT2D eigenvalue weighted by Gasteiger charge is -2.33. The maximum atomic E-state index is 13.1. The lowest BCUT2D eigenvalue weighted by molar-refractivity contribution is -0.125. The molecule has 2 aliphatic rings. The quantitative estimate of drug-likeness (QED) is 0.546. The average Bonchev–Trinajstić information content (AvgIpc) is 2.92. The number of halogens is 1. The lowest BCUT2D eigenvalue weighted by Crippen LogP contribution is -2.43. The summed E-state index contributed by atoms with van der Waals surface area (Å²) in [6, 6.07) is 14.9. The van der Waals surface area contributed by atoms with Gasteiger partial charge in [0.1, 0.15) is 11.6 Å². The van der Waals surface area contributed by atoms with Crippen molar-refractivity contribution in [2.75, 3.05) is 44.3 Å². The van der Waals surface area contributed by atoms with Crippen LogP contribution < -0.4 is 10.2 Å². The summed E-state index contributed by atoms with van der Waals surface area (Å²) in [5, 5.41) is 3.71. The normalized spacial score (nSPS) is 19.4. The van der Waals surface area contributed by atoms with Gasteiger partial charge < -0.3 is 15.0 Å². The number of hydrogen-bond acceptors (Lipinski definition) is 6. The van der Waals surface area contributed by atoms with Gasteiger partial charge in [-0.05, 0) is 60.9 Å². The standard InChI is InChI=1S/C26H29FN4O4S/c27-22-6-3-19(4-7-22)17-28-26(32)21-2-1-11-30(18-21)25-10-5-20-16-23(8-9-24(20)29-25)36(33,34)31-12-14-35-15-13-31/h3-10,16,21H,1-2,11-15,17-18H2,(H,28,32)/t21-/m0/s1. The van der Waals surface area contributed by atoms with Crippen molar-refractivity contribution >= 4 is 32.7 Å². The molecule has 2 saturated heterocycles. The third-order valence-corrected chi connectivity index (χ3v) is 8.64. The molecule has 2 aromatic carbocycles. The number of morpholine rings is 1. The number of carbonyl (C=O) groups is 1. The van der Waals surface area contributed by atoms with Crippen molar-refractivity contribution in [1.82, 2.24) is 14.6 Å². The van der Waals surface area contributed by atoms with Crippen molar-refractivity contribution in [1.29, 1.82) is 0 Å². The number of hydrogen-bond donors (Lipinski definition) is 1. The third-order valence-electron chi connectivity index (χ3n) is 6.75. The number of benzene rings is 2. The highest BCUT2D eigenvalue weighted by atomic mass is 32.2. The molecular weight excluding hydrogens is 483 g/mol. The topological polar surface area (TPSA) is 91.8 Å². The van der Waals surface area contributed by atoms with E-state index in [0.717, 1.165) is 36.2 Å². The fraction of sp³-hybridized carbons (Fsp3) is 0.385. The summed E-state index contributed by atoms with van der Waals surface area (Å²) in [7, 11) is -3.58. The first kappa shape index (κ1) is 24.6. The molecular formula is C26H29FN4O4S. The Hall–Kier alpha value is -3.08. The van der Waals surface area contributed by atoms with Gasteiger partial charge in [0.15, 0.2) is 0 Å². The van der Waals surface area contributed by atoms with E-state index in [9.17, 15) is 17.6 Å². The summed E-state index contributed by atoms with van der Waals surface area (Å²) < 4.78 is 45.8. The molecule has 8 nitrogen and oxygen atoms in total. The van der Waals surface area contributed by atoms with E-state index in [1.807, 2.05) is 12.1 Å². The highest BCUT2D eigenvalue weighted by Crippen LogP contribution is 2.27. The van der Waals surface area contributed by atoms with Gasteiger partial charge in [0, 0.05) is 38.1 Å². The Morgan fingerprint density at radius 3 is 2.61 bits per heavy atom. The number of nitrogens with one attached hydrogen (secondary N) is 1. The lowest BCUT2D eigenvalue weighted by atomic mass is 9.97. The predicted molar refractivity (Wildman–Crippen MR) is 135 cm³/mol. The number of carbonyl (C=O) groups excluding carboxylic acids is 1. The molecule has 10 heteroatoms. The number of amides is 1. The van der Waals surface area contributed by atoms with E-state index < -0.39 is 10.0 Å². The third kappa shape index (κ3) is 5.35. The van der Waals surface area contributed by atoms with Crippen molar-refractivity contribution in [3.8, 4) is 0 Å².